The quantitative estimate of drug-likeness (QED) is 0.815. The molecule has 1 aromatic rings. The van der Waals surface area contributed by atoms with Crippen LogP contribution < -0.4 is 5.73 Å². The van der Waals surface area contributed by atoms with Crippen molar-refractivity contribution < 1.29 is 9.84 Å². The summed E-state index contributed by atoms with van der Waals surface area (Å²) in [6.45, 7) is 5.77. The lowest BCUT2D eigenvalue weighted by molar-refractivity contribution is -0.243. The Morgan fingerprint density at radius 1 is 1.37 bits per heavy atom. The first-order valence-corrected chi connectivity index (χ1v) is 6.71. The van der Waals surface area contributed by atoms with Crippen molar-refractivity contribution in [3.05, 3.63) is 35.4 Å². The molecule has 4 nitrogen and oxygen atoms in total. The molecule has 1 aliphatic rings. The van der Waals surface area contributed by atoms with Crippen LogP contribution in [0.4, 0.5) is 0 Å². The molecule has 19 heavy (non-hydrogen) atoms. The van der Waals surface area contributed by atoms with Gasteiger partial charge in [-0.3, -0.25) is 0 Å². The highest BCUT2D eigenvalue weighted by Gasteiger charge is 2.36. The fraction of sp³-hybridized carbons (Fsp3) is 0.600. The van der Waals surface area contributed by atoms with Crippen LogP contribution in [0.25, 0.3) is 0 Å². The summed E-state index contributed by atoms with van der Waals surface area (Å²) in [4.78, 5) is 1.81. The van der Waals surface area contributed by atoms with E-state index in [1.165, 1.54) is 11.1 Å². The summed E-state index contributed by atoms with van der Waals surface area (Å²) in [7, 11) is 1.85. The van der Waals surface area contributed by atoms with Crippen LogP contribution in [-0.2, 0) is 11.2 Å². The molecule has 4 heteroatoms. The Balaban J connectivity index is 2.17. The Morgan fingerprint density at radius 2 is 2.00 bits per heavy atom. The largest absolute Gasteiger partial charge is 0.356 e. The second kappa shape index (κ2) is 5.21. The molecule has 0 radical (unpaired) electrons. The number of nitrogens with two attached hydrogens (primary N) is 1. The van der Waals surface area contributed by atoms with E-state index in [1.54, 1.807) is 0 Å². The van der Waals surface area contributed by atoms with E-state index in [0.29, 0.717) is 0 Å². The molecule has 0 fully saturated rings. The Bertz CT molecular complexity index is 442. The van der Waals surface area contributed by atoms with Gasteiger partial charge in [0.25, 0.3) is 0 Å². The van der Waals surface area contributed by atoms with E-state index in [2.05, 4.69) is 12.1 Å². The molecule has 0 bridgehead atoms. The minimum atomic E-state index is -0.956. The van der Waals surface area contributed by atoms with Crippen molar-refractivity contribution in [2.24, 2.45) is 5.73 Å². The lowest BCUT2D eigenvalue weighted by Crippen LogP contribution is -2.45. The van der Waals surface area contributed by atoms with Gasteiger partial charge in [0.2, 0.25) is 6.41 Å². The van der Waals surface area contributed by atoms with Crippen molar-refractivity contribution in [1.29, 1.82) is 0 Å². The SMILES string of the molecule is CN(C(O)OC(C)(C)C)[C@@H]1c2ccccc2C[C@H]1N. The maximum Gasteiger partial charge on any atom is 0.216 e. The van der Waals surface area contributed by atoms with Crippen LogP contribution in [0.3, 0.4) is 0 Å². The normalized spacial score (nSPS) is 24.6. The maximum atomic E-state index is 10.2. The minimum Gasteiger partial charge on any atom is -0.356 e. The summed E-state index contributed by atoms with van der Waals surface area (Å²) in [5, 5.41) is 10.2. The Hall–Kier alpha value is -0.940. The number of likely N-dealkylation sites (N-methyl/N-ethyl adjacent to an activating group) is 1. The Labute approximate surface area is 115 Å². The smallest absolute Gasteiger partial charge is 0.216 e. The van der Waals surface area contributed by atoms with E-state index in [0.717, 1.165) is 6.42 Å². The van der Waals surface area contributed by atoms with Crippen LogP contribution in [0.2, 0.25) is 0 Å². The zero-order chi connectivity index (χ0) is 14.2. The van der Waals surface area contributed by atoms with Crippen molar-refractivity contribution in [2.45, 2.75) is 51.3 Å². The second-order valence-electron chi connectivity index (χ2n) is 6.23. The molecule has 2 rings (SSSR count). The Kier molecular flexibility index (Phi) is 3.97. The summed E-state index contributed by atoms with van der Waals surface area (Å²) >= 11 is 0. The number of ether oxygens (including phenoxy) is 1. The number of hydrogen-bond donors (Lipinski definition) is 2. The van der Waals surface area contributed by atoms with Gasteiger partial charge < -0.3 is 15.6 Å². The molecule has 3 atom stereocenters. The van der Waals surface area contributed by atoms with E-state index in [1.807, 2.05) is 44.9 Å². The van der Waals surface area contributed by atoms with Gasteiger partial charge in [-0.05, 0) is 45.4 Å². The molecule has 106 valence electrons. The molecule has 0 spiro atoms. The topological polar surface area (TPSA) is 58.7 Å². The van der Waals surface area contributed by atoms with Gasteiger partial charge in [0, 0.05) is 6.04 Å². The van der Waals surface area contributed by atoms with E-state index >= 15 is 0 Å². The molecule has 0 heterocycles. The van der Waals surface area contributed by atoms with Gasteiger partial charge in [-0.1, -0.05) is 24.3 Å². The number of nitrogens with zero attached hydrogens (tertiary/aromatic N) is 1. The predicted octanol–water partition coefficient (Wildman–Crippen LogP) is 1.63. The highest BCUT2D eigenvalue weighted by atomic mass is 16.6. The fourth-order valence-electron chi connectivity index (χ4n) is 2.66. The van der Waals surface area contributed by atoms with Crippen molar-refractivity contribution in [3.63, 3.8) is 0 Å². The fourth-order valence-corrected chi connectivity index (χ4v) is 2.66. The van der Waals surface area contributed by atoms with Gasteiger partial charge >= 0.3 is 0 Å². The molecule has 0 amide bonds. The Morgan fingerprint density at radius 3 is 2.63 bits per heavy atom. The second-order valence-corrected chi connectivity index (χ2v) is 6.23. The molecule has 0 saturated heterocycles. The molecule has 0 saturated carbocycles. The molecule has 0 aromatic heterocycles. The number of hydrogen-bond acceptors (Lipinski definition) is 4. The van der Waals surface area contributed by atoms with Crippen LogP contribution in [0.5, 0.6) is 0 Å². The van der Waals surface area contributed by atoms with Crippen LogP contribution in [0.15, 0.2) is 24.3 Å². The predicted molar refractivity (Wildman–Crippen MR) is 75.5 cm³/mol. The van der Waals surface area contributed by atoms with Crippen molar-refractivity contribution in [3.8, 4) is 0 Å². The first-order valence-electron chi connectivity index (χ1n) is 6.71. The van der Waals surface area contributed by atoms with E-state index in [9.17, 15) is 5.11 Å². The highest BCUT2D eigenvalue weighted by Crippen LogP contribution is 2.35. The standard InChI is InChI=1S/C15H24N2O2/c1-15(2,3)19-14(18)17(4)13-11-8-6-5-7-10(11)9-12(13)16/h5-8,12-14,18H,9,16H2,1-4H3/t12-,13-,14?/m1/s1. The van der Waals surface area contributed by atoms with Gasteiger partial charge in [-0.2, -0.15) is 0 Å². The van der Waals surface area contributed by atoms with Crippen LogP contribution in [-0.4, -0.2) is 35.1 Å². The van der Waals surface area contributed by atoms with Gasteiger partial charge in [-0.25, -0.2) is 4.90 Å². The summed E-state index contributed by atoms with van der Waals surface area (Å²) in [5.74, 6) is 0. The van der Waals surface area contributed by atoms with Crippen molar-refractivity contribution >= 4 is 0 Å². The third-order valence-electron chi connectivity index (χ3n) is 3.48. The number of aliphatic hydroxyl groups is 1. The average molecular weight is 264 g/mol. The van der Waals surface area contributed by atoms with Gasteiger partial charge in [0.05, 0.1) is 11.6 Å². The van der Waals surface area contributed by atoms with Gasteiger partial charge in [-0.15, -0.1) is 0 Å². The van der Waals surface area contributed by atoms with Crippen molar-refractivity contribution in [2.75, 3.05) is 7.05 Å². The number of benzene rings is 1. The van der Waals surface area contributed by atoms with Crippen molar-refractivity contribution in [1.82, 2.24) is 4.90 Å². The number of aliphatic hydroxyl groups excluding tert-OH is 1. The van der Waals surface area contributed by atoms with E-state index in [-0.39, 0.29) is 12.1 Å². The maximum absolute atomic E-state index is 10.2. The molecule has 3 N–H and O–H groups in total. The van der Waals surface area contributed by atoms with Crippen LogP contribution >= 0.6 is 0 Å². The lowest BCUT2D eigenvalue weighted by Gasteiger charge is -2.35. The monoisotopic (exact) mass is 264 g/mol. The molecular weight excluding hydrogens is 240 g/mol. The summed E-state index contributed by atoms with van der Waals surface area (Å²) in [6, 6.07) is 8.19. The molecule has 1 aromatic carbocycles. The minimum absolute atomic E-state index is 0.00597. The number of fused-ring (bicyclic) bond motifs is 1. The third-order valence-corrected chi connectivity index (χ3v) is 3.48. The highest BCUT2D eigenvalue weighted by molar-refractivity contribution is 5.37. The first kappa shape index (κ1) is 14.5. The van der Waals surface area contributed by atoms with Gasteiger partial charge in [0.15, 0.2) is 0 Å². The van der Waals surface area contributed by atoms with Crippen LogP contribution in [0.1, 0.15) is 37.9 Å². The molecule has 0 aliphatic heterocycles. The molecule has 1 aliphatic carbocycles. The lowest BCUT2D eigenvalue weighted by atomic mass is 10.1. The molecular formula is C15H24N2O2. The molecule has 1 unspecified atom stereocenters. The third kappa shape index (κ3) is 3.15. The summed E-state index contributed by atoms with van der Waals surface area (Å²) in [6.07, 6.45) is -0.116. The van der Waals surface area contributed by atoms with E-state index < -0.39 is 12.0 Å². The zero-order valence-corrected chi connectivity index (χ0v) is 12.1. The average Bonchev–Trinajstić information content (AvgIpc) is 2.61. The van der Waals surface area contributed by atoms with E-state index in [4.69, 9.17) is 10.5 Å². The van der Waals surface area contributed by atoms with Gasteiger partial charge in [0.1, 0.15) is 0 Å². The summed E-state index contributed by atoms with van der Waals surface area (Å²) < 4.78 is 5.60. The zero-order valence-electron chi connectivity index (χ0n) is 12.1. The van der Waals surface area contributed by atoms with Crippen LogP contribution in [0, 0.1) is 0 Å². The number of rotatable bonds is 3. The first-order chi connectivity index (χ1) is 8.79. The summed E-state index contributed by atoms with van der Waals surface area (Å²) in [5.41, 5.74) is 8.28.